The number of nitrogens with one attached hydrogen (secondary N) is 2. The van der Waals surface area contributed by atoms with Gasteiger partial charge in [-0.2, -0.15) is 0 Å². The Morgan fingerprint density at radius 3 is 2.95 bits per heavy atom. The maximum atomic E-state index is 12.2. The zero-order valence-electron chi connectivity index (χ0n) is 11.4. The van der Waals surface area contributed by atoms with Crippen molar-refractivity contribution in [3.63, 3.8) is 0 Å². The molecule has 3 amide bonds. The van der Waals surface area contributed by atoms with Gasteiger partial charge in [-0.05, 0) is 18.6 Å². The zero-order chi connectivity index (χ0) is 15.4. The molecule has 2 heterocycles. The summed E-state index contributed by atoms with van der Waals surface area (Å²) in [5, 5.41) is 14.2. The summed E-state index contributed by atoms with van der Waals surface area (Å²) in [6.07, 6.45) is 3.23. The van der Waals surface area contributed by atoms with Gasteiger partial charge in [0.15, 0.2) is 0 Å². The Kier molecular flexibility index (Phi) is 4.36. The average molecular weight is 292 g/mol. The van der Waals surface area contributed by atoms with Crippen LogP contribution in [0.1, 0.15) is 18.5 Å². The first-order valence-corrected chi connectivity index (χ1v) is 6.45. The van der Waals surface area contributed by atoms with E-state index in [2.05, 4.69) is 15.6 Å². The van der Waals surface area contributed by atoms with E-state index in [1.54, 1.807) is 31.5 Å². The van der Waals surface area contributed by atoms with Gasteiger partial charge in [-0.1, -0.05) is 6.07 Å². The van der Waals surface area contributed by atoms with E-state index >= 15 is 0 Å². The summed E-state index contributed by atoms with van der Waals surface area (Å²) >= 11 is 0. The molecule has 1 aliphatic rings. The third-order valence-electron chi connectivity index (χ3n) is 3.25. The van der Waals surface area contributed by atoms with Crippen LogP contribution in [0.15, 0.2) is 24.5 Å². The number of hydrogen-bond donors (Lipinski definition) is 3. The van der Waals surface area contributed by atoms with Crippen LogP contribution in [0.2, 0.25) is 0 Å². The van der Waals surface area contributed by atoms with Crippen LogP contribution in [0.3, 0.4) is 0 Å². The summed E-state index contributed by atoms with van der Waals surface area (Å²) < 4.78 is 0. The molecule has 1 aromatic rings. The van der Waals surface area contributed by atoms with Crippen LogP contribution in [0.5, 0.6) is 0 Å². The van der Waals surface area contributed by atoms with E-state index in [1.807, 2.05) is 0 Å². The standard InChI is InChI=1S/C13H16N4O4/c1-8(9-3-2-4-14-5-9)16-13(21)17-7-11(18)15-6-10(17)12(19)20/h2-5,8,10H,6-7H2,1H3,(H,15,18)(H,16,21)(H,19,20). The lowest BCUT2D eigenvalue weighted by Crippen LogP contribution is -2.61. The summed E-state index contributed by atoms with van der Waals surface area (Å²) in [6, 6.07) is 1.55. The Morgan fingerprint density at radius 1 is 1.57 bits per heavy atom. The fraction of sp³-hybridized carbons (Fsp3) is 0.385. The van der Waals surface area contributed by atoms with E-state index in [1.165, 1.54) is 0 Å². The fourth-order valence-corrected chi connectivity index (χ4v) is 2.06. The molecule has 3 N–H and O–H groups in total. The van der Waals surface area contributed by atoms with Gasteiger partial charge in [0.2, 0.25) is 5.91 Å². The summed E-state index contributed by atoms with van der Waals surface area (Å²) in [7, 11) is 0. The first-order valence-electron chi connectivity index (χ1n) is 6.45. The smallest absolute Gasteiger partial charge is 0.328 e. The number of aliphatic carboxylic acids is 1. The normalized spacial score (nSPS) is 19.6. The molecule has 0 spiro atoms. The van der Waals surface area contributed by atoms with Crippen molar-refractivity contribution < 1.29 is 19.5 Å². The Labute approximate surface area is 121 Å². The molecule has 112 valence electrons. The largest absolute Gasteiger partial charge is 0.480 e. The van der Waals surface area contributed by atoms with Crippen LogP contribution in [0, 0.1) is 0 Å². The molecule has 21 heavy (non-hydrogen) atoms. The van der Waals surface area contributed by atoms with Crippen molar-refractivity contribution in [1.29, 1.82) is 0 Å². The van der Waals surface area contributed by atoms with Gasteiger partial charge in [0.05, 0.1) is 6.04 Å². The van der Waals surface area contributed by atoms with Gasteiger partial charge in [0.25, 0.3) is 0 Å². The first-order chi connectivity index (χ1) is 9.99. The minimum absolute atomic E-state index is 0.0944. The minimum atomic E-state index is -1.15. The number of amides is 3. The molecule has 2 atom stereocenters. The lowest BCUT2D eigenvalue weighted by molar-refractivity contribution is -0.144. The molecule has 1 aliphatic heterocycles. The molecule has 0 radical (unpaired) electrons. The second kappa shape index (κ2) is 6.21. The summed E-state index contributed by atoms with van der Waals surface area (Å²) in [4.78, 5) is 39.7. The SMILES string of the molecule is CC(NC(=O)N1CC(=O)NCC1C(=O)O)c1cccnc1. The molecule has 0 saturated carbocycles. The monoisotopic (exact) mass is 292 g/mol. The van der Waals surface area contributed by atoms with E-state index < -0.39 is 18.0 Å². The lowest BCUT2D eigenvalue weighted by atomic mass is 10.1. The van der Waals surface area contributed by atoms with Gasteiger partial charge in [-0.25, -0.2) is 9.59 Å². The minimum Gasteiger partial charge on any atom is -0.480 e. The van der Waals surface area contributed by atoms with Gasteiger partial charge in [-0.3, -0.25) is 14.7 Å². The van der Waals surface area contributed by atoms with Gasteiger partial charge in [0, 0.05) is 18.9 Å². The summed E-state index contributed by atoms with van der Waals surface area (Å²) in [5.74, 6) is -1.53. The Bertz CT molecular complexity index is 548. The van der Waals surface area contributed by atoms with E-state index in [0.29, 0.717) is 0 Å². The lowest BCUT2D eigenvalue weighted by Gasteiger charge is -2.33. The predicted molar refractivity (Wildman–Crippen MR) is 72.3 cm³/mol. The number of piperazine rings is 1. The van der Waals surface area contributed by atoms with Crippen LogP contribution in [-0.4, -0.2) is 52.0 Å². The van der Waals surface area contributed by atoms with Crippen molar-refractivity contribution in [2.45, 2.75) is 19.0 Å². The number of urea groups is 1. The van der Waals surface area contributed by atoms with E-state index in [0.717, 1.165) is 10.5 Å². The maximum Gasteiger partial charge on any atom is 0.328 e. The topological polar surface area (TPSA) is 112 Å². The zero-order valence-corrected chi connectivity index (χ0v) is 11.4. The Hall–Kier alpha value is -2.64. The molecule has 2 rings (SSSR count). The molecule has 1 fully saturated rings. The second-order valence-electron chi connectivity index (χ2n) is 4.74. The van der Waals surface area contributed by atoms with Crippen LogP contribution < -0.4 is 10.6 Å². The number of aromatic nitrogens is 1. The highest BCUT2D eigenvalue weighted by atomic mass is 16.4. The molecule has 0 aliphatic carbocycles. The summed E-state index contributed by atoms with van der Waals surface area (Å²) in [5.41, 5.74) is 0.791. The van der Waals surface area contributed by atoms with Gasteiger partial charge in [0.1, 0.15) is 12.6 Å². The number of rotatable bonds is 3. The molecule has 2 unspecified atom stereocenters. The average Bonchev–Trinajstić information content (AvgIpc) is 2.47. The number of hydrogen-bond acceptors (Lipinski definition) is 4. The van der Waals surface area contributed by atoms with Crippen molar-refractivity contribution in [3.8, 4) is 0 Å². The molecular weight excluding hydrogens is 276 g/mol. The Morgan fingerprint density at radius 2 is 2.33 bits per heavy atom. The first kappa shape index (κ1) is 14.8. The number of carboxylic acids is 1. The van der Waals surface area contributed by atoms with Crippen molar-refractivity contribution in [3.05, 3.63) is 30.1 Å². The quantitative estimate of drug-likeness (QED) is 0.710. The third-order valence-corrected chi connectivity index (χ3v) is 3.25. The molecule has 1 aromatic heterocycles. The fourth-order valence-electron chi connectivity index (χ4n) is 2.06. The molecular formula is C13H16N4O4. The number of carbonyl (C=O) groups is 3. The van der Waals surface area contributed by atoms with E-state index in [4.69, 9.17) is 5.11 Å². The maximum absolute atomic E-state index is 12.2. The van der Waals surface area contributed by atoms with Gasteiger partial charge in [-0.15, -0.1) is 0 Å². The third kappa shape index (κ3) is 3.47. The molecule has 1 saturated heterocycles. The second-order valence-corrected chi connectivity index (χ2v) is 4.74. The number of carboxylic acid groups (broad SMARTS) is 1. The van der Waals surface area contributed by atoms with Crippen LogP contribution in [-0.2, 0) is 9.59 Å². The van der Waals surface area contributed by atoms with Crippen LogP contribution >= 0.6 is 0 Å². The molecule has 0 aromatic carbocycles. The Balaban J connectivity index is 2.07. The van der Waals surface area contributed by atoms with Crippen molar-refractivity contribution in [2.75, 3.05) is 13.1 Å². The highest BCUT2D eigenvalue weighted by molar-refractivity contribution is 5.90. The van der Waals surface area contributed by atoms with Crippen molar-refractivity contribution in [1.82, 2.24) is 20.5 Å². The number of nitrogens with zero attached hydrogens (tertiary/aromatic N) is 2. The highest BCUT2D eigenvalue weighted by Gasteiger charge is 2.35. The van der Waals surface area contributed by atoms with E-state index in [9.17, 15) is 14.4 Å². The molecule has 8 heteroatoms. The van der Waals surface area contributed by atoms with Crippen LogP contribution in [0.4, 0.5) is 4.79 Å². The van der Waals surface area contributed by atoms with Crippen molar-refractivity contribution >= 4 is 17.9 Å². The predicted octanol–water partition coefficient (Wildman–Crippen LogP) is -0.263. The number of pyridine rings is 1. The molecule has 0 bridgehead atoms. The van der Waals surface area contributed by atoms with Gasteiger partial charge < -0.3 is 15.7 Å². The molecule has 8 nitrogen and oxygen atoms in total. The highest BCUT2D eigenvalue weighted by Crippen LogP contribution is 2.12. The van der Waals surface area contributed by atoms with Gasteiger partial charge >= 0.3 is 12.0 Å². The summed E-state index contributed by atoms with van der Waals surface area (Å²) in [6.45, 7) is 1.39. The van der Waals surface area contributed by atoms with Crippen LogP contribution in [0.25, 0.3) is 0 Å². The van der Waals surface area contributed by atoms with E-state index in [-0.39, 0.29) is 25.0 Å². The number of carbonyl (C=O) groups excluding carboxylic acids is 2. The van der Waals surface area contributed by atoms with Crippen molar-refractivity contribution in [2.24, 2.45) is 0 Å².